The van der Waals surface area contributed by atoms with Crippen molar-refractivity contribution in [2.75, 3.05) is 11.5 Å². The number of amides is 1. The van der Waals surface area contributed by atoms with E-state index >= 15 is 0 Å². The molecule has 7 heteroatoms. The van der Waals surface area contributed by atoms with Crippen LogP contribution in [0, 0.1) is 0 Å². The van der Waals surface area contributed by atoms with E-state index in [1.165, 1.54) is 11.3 Å². The summed E-state index contributed by atoms with van der Waals surface area (Å²) < 4.78 is 11.9. The van der Waals surface area contributed by atoms with E-state index in [9.17, 15) is 9.59 Å². The Morgan fingerprint density at radius 1 is 1.12 bits per heavy atom. The monoisotopic (exact) mass is 446 g/mol. The second kappa shape index (κ2) is 8.59. The van der Waals surface area contributed by atoms with Crippen molar-refractivity contribution in [1.29, 1.82) is 0 Å². The molecular formula is C25H22N2O4S. The predicted molar refractivity (Wildman–Crippen MR) is 125 cm³/mol. The van der Waals surface area contributed by atoms with Gasteiger partial charge in [0.1, 0.15) is 11.3 Å². The van der Waals surface area contributed by atoms with Crippen LogP contribution in [0.2, 0.25) is 0 Å². The number of rotatable bonds is 7. The lowest BCUT2D eigenvalue weighted by Crippen LogP contribution is -2.29. The fourth-order valence-electron chi connectivity index (χ4n) is 4.08. The number of fused-ring (bicyclic) bond motifs is 2. The van der Waals surface area contributed by atoms with Gasteiger partial charge >= 0.3 is 0 Å². The van der Waals surface area contributed by atoms with Crippen LogP contribution in [-0.4, -0.2) is 17.5 Å². The molecule has 4 aromatic rings. The molecule has 0 bridgehead atoms. The first-order valence-electron chi connectivity index (χ1n) is 10.7. The number of hydrogen-bond donors (Lipinski definition) is 0. The van der Waals surface area contributed by atoms with Gasteiger partial charge in [0.2, 0.25) is 5.76 Å². The van der Waals surface area contributed by atoms with Gasteiger partial charge in [0, 0.05) is 11.6 Å². The van der Waals surface area contributed by atoms with Gasteiger partial charge in [0.15, 0.2) is 10.6 Å². The molecule has 0 spiro atoms. The molecule has 6 nitrogen and oxygen atoms in total. The van der Waals surface area contributed by atoms with Crippen molar-refractivity contribution in [3.05, 3.63) is 87.2 Å². The van der Waals surface area contributed by atoms with E-state index in [4.69, 9.17) is 9.15 Å². The summed E-state index contributed by atoms with van der Waals surface area (Å²) in [5.41, 5.74) is 1.32. The van der Waals surface area contributed by atoms with Gasteiger partial charge in [0.05, 0.1) is 23.6 Å². The van der Waals surface area contributed by atoms with Crippen LogP contribution in [0.5, 0.6) is 5.75 Å². The molecule has 1 atom stereocenters. The first-order chi connectivity index (χ1) is 15.7. The van der Waals surface area contributed by atoms with E-state index in [2.05, 4.69) is 11.9 Å². The molecule has 1 amide bonds. The van der Waals surface area contributed by atoms with E-state index in [1.54, 1.807) is 35.4 Å². The molecule has 0 aliphatic carbocycles. The largest absolute Gasteiger partial charge is 0.494 e. The number of ether oxygens (including phenoxy) is 1. The van der Waals surface area contributed by atoms with Crippen LogP contribution in [0.4, 0.5) is 5.13 Å². The van der Waals surface area contributed by atoms with Crippen LogP contribution >= 0.6 is 11.3 Å². The molecule has 32 heavy (non-hydrogen) atoms. The van der Waals surface area contributed by atoms with Crippen LogP contribution in [0.15, 0.2) is 69.3 Å². The zero-order chi connectivity index (χ0) is 22.1. The third-order valence-corrected chi connectivity index (χ3v) is 6.36. The fourth-order valence-corrected chi connectivity index (χ4v) is 4.75. The second-order valence-electron chi connectivity index (χ2n) is 7.69. The SMILES string of the molecule is CCCCCOc1cccc([C@H]2c3c(oc4ccccc4c3=O)C(=O)N2c2nccs2)c1. The third kappa shape index (κ3) is 3.48. The van der Waals surface area contributed by atoms with Crippen LogP contribution in [-0.2, 0) is 0 Å². The van der Waals surface area contributed by atoms with Gasteiger partial charge in [-0.2, -0.15) is 0 Å². The maximum atomic E-state index is 13.5. The van der Waals surface area contributed by atoms with E-state index < -0.39 is 6.04 Å². The Morgan fingerprint density at radius 3 is 2.81 bits per heavy atom. The summed E-state index contributed by atoms with van der Waals surface area (Å²) in [5.74, 6) is 0.420. The Kier molecular flexibility index (Phi) is 5.49. The summed E-state index contributed by atoms with van der Waals surface area (Å²) in [6, 6.07) is 13.9. The van der Waals surface area contributed by atoms with Crippen LogP contribution in [0.1, 0.15) is 53.9 Å². The molecular weight excluding hydrogens is 424 g/mol. The van der Waals surface area contributed by atoms with Crippen molar-refractivity contribution >= 4 is 33.3 Å². The van der Waals surface area contributed by atoms with E-state index in [0.29, 0.717) is 34.0 Å². The van der Waals surface area contributed by atoms with E-state index in [0.717, 1.165) is 24.8 Å². The Morgan fingerprint density at radius 2 is 2.00 bits per heavy atom. The minimum atomic E-state index is -0.635. The zero-order valence-corrected chi connectivity index (χ0v) is 18.4. The Bertz CT molecular complexity index is 1330. The standard InChI is InChI=1S/C25H22N2O4S/c1-2-3-6-13-30-17-9-7-8-16(15-17)21-20-22(28)18-10-4-5-11-19(18)31-23(20)24(29)27(21)25-26-12-14-32-25/h4-5,7-12,14-15,21H,2-3,6,13H2,1H3/t21-/m0/s1. The number of para-hydroxylation sites is 1. The summed E-state index contributed by atoms with van der Waals surface area (Å²) in [6.07, 6.45) is 4.85. The van der Waals surface area contributed by atoms with Crippen molar-refractivity contribution in [3.8, 4) is 5.75 Å². The molecule has 0 fully saturated rings. The average Bonchev–Trinajstić information content (AvgIpc) is 3.44. The number of carbonyl (C=O) groups is 1. The molecule has 2 aromatic carbocycles. The third-order valence-electron chi connectivity index (χ3n) is 5.59. The molecule has 0 saturated heterocycles. The van der Waals surface area contributed by atoms with Crippen molar-refractivity contribution in [3.63, 3.8) is 0 Å². The molecule has 0 N–H and O–H groups in total. The minimum absolute atomic E-state index is 0.0724. The molecule has 162 valence electrons. The highest BCUT2D eigenvalue weighted by molar-refractivity contribution is 7.13. The van der Waals surface area contributed by atoms with E-state index in [1.807, 2.05) is 29.6 Å². The lowest BCUT2D eigenvalue weighted by Gasteiger charge is -2.23. The van der Waals surface area contributed by atoms with Crippen molar-refractivity contribution in [2.45, 2.75) is 32.2 Å². The van der Waals surface area contributed by atoms with Gasteiger partial charge in [0.25, 0.3) is 5.91 Å². The zero-order valence-electron chi connectivity index (χ0n) is 17.6. The van der Waals surface area contributed by atoms with Crippen molar-refractivity contribution < 1.29 is 13.9 Å². The molecule has 0 radical (unpaired) electrons. The number of hydrogen-bond acceptors (Lipinski definition) is 6. The summed E-state index contributed by atoms with van der Waals surface area (Å²) in [6.45, 7) is 2.78. The quantitative estimate of drug-likeness (QED) is 0.347. The van der Waals surface area contributed by atoms with Gasteiger partial charge in [-0.25, -0.2) is 4.98 Å². The van der Waals surface area contributed by atoms with Crippen LogP contribution < -0.4 is 15.1 Å². The number of anilines is 1. The molecule has 1 aliphatic rings. The van der Waals surface area contributed by atoms with Crippen molar-refractivity contribution in [2.24, 2.45) is 0 Å². The molecule has 0 saturated carbocycles. The smallest absolute Gasteiger partial charge is 0.297 e. The van der Waals surface area contributed by atoms with E-state index in [-0.39, 0.29) is 17.1 Å². The van der Waals surface area contributed by atoms with Gasteiger partial charge in [-0.3, -0.25) is 14.5 Å². The minimum Gasteiger partial charge on any atom is -0.494 e. The lowest BCUT2D eigenvalue weighted by molar-refractivity contribution is 0.0971. The molecule has 0 unspecified atom stereocenters. The van der Waals surface area contributed by atoms with Gasteiger partial charge in [-0.05, 0) is 36.2 Å². The summed E-state index contributed by atoms with van der Waals surface area (Å²) in [4.78, 5) is 32.8. The molecule has 2 aromatic heterocycles. The fraction of sp³-hybridized carbons (Fsp3) is 0.240. The van der Waals surface area contributed by atoms with Crippen molar-refractivity contribution in [1.82, 2.24) is 4.98 Å². The molecule has 1 aliphatic heterocycles. The Balaban J connectivity index is 1.64. The van der Waals surface area contributed by atoms with Crippen LogP contribution in [0.25, 0.3) is 11.0 Å². The summed E-state index contributed by atoms with van der Waals surface area (Å²) >= 11 is 1.35. The number of thiazole rings is 1. The lowest BCUT2D eigenvalue weighted by atomic mass is 9.98. The Labute approximate surface area is 189 Å². The topological polar surface area (TPSA) is 72.6 Å². The van der Waals surface area contributed by atoms with Gasteiger partial charge in [-0.1, -0.05) is 44.0 Å². The number of aromatic nitrogens is 1. The Hall–Kier alpha value is -3.45. The highest BCUT2D eigenvalue weighted by Gasteiger charge is 2.44. The molecule has 3 heterocycles. The predicted octanol–water partition coefficient (Wildman–Crippen LogP) is 5.57. The average molecular weight is 447 g/mol. The van der Waals surface area contributed by atoms with Crippen LogP contribution in [0.3, 0.4) is 0 Å². The highest BCUT2D eigenvalue weighted by atomic mass is 32.1. The number of nitrogens with zero attached hydrogens (tertiary/aromatic N) is 2. The number of unbranched alkanes of at least 4 members (excludes halogenated alkanes) is 2. The maximum absolute atomic E-state index is 13.5. The first-order valence-corrected chi connectivity index (χ1v) is 11.6. The van der Waals surface area contributed by atoms with Gasteiger partial charge < -0.3 is 9.15 Å². The number of benzene rings is 2. The second-order valence-corrected chi connectivity index (χ2v) is 8.56. The maximum Gasteiger partial charge on any atom is 0.297 e. The summed E-state index contributed by atoms with van der Waals surface area (Å²) in [7, 11) is 0. The number of carbonyl (C=O) groups excluding carboxylic acids is 1. The summed E-state index contributed by atoms with van der Waals surface area (Å²) in [5, 5.41) is 2.78. The van der Waals surface area contributed by atoms with Gasteiger partial charge in [-0.15, -0.1) is 11.3 Å². The first kappa shape index (κ1) is 20.5. The normalized spacial score (nSPS) is 15.3. The molecule has 5 rings (SSSR count). The highest BCUT2D eigenvalue weighted by Crippen LogP contribution is 2.42.